The smallest absolute Gasteiger partial charge is 0.192 e. The molecule has 7 nitrogen and oxygen atoms in total. The summed E-state index contributed by atoms with van der Waals surface area (Å²) in [5.41, 5.74) is 6.71. The van der Waals surface area contributed by atoms with E-state index >= 15 is 0 Å². The fraction of sp³-hybridized carbons (Fsp3) is 0.0833. The molecule has 0 aliphatic rings. The van der Waals surface area contributed by atoms with Crippen LogP contribution in [-0.2, 0) is 9.84 Å². The molecule has 2 rings (SSSR count). The summed E-state index contributed by atoms with van der Waals surface area (Å²) in [6.45, 7) is 3.43. The molecule has 1 aromatic carbocycles. The molecule has 0 bridgehead atoms. The first-order chi connectivity index (χ1) is 9.43. The van der Waals surface area contributed by atoms with Crippen molar-refractivity contribution in [2.75, 3.05) is 6.26 Å². The number of fused-ring (bicyclic) bond motifs is 1. The van der Waals surface area contributed by atoms with Gasteiger partial charge in [-0.05, 0) is 24.4 Å². The number of aliphatic imine (C=N–C) groups is 1. The van der Waals surface area contributed by atoms with E-state index in [2.05, 4.69) is 21.9 Å². The predicted molar refractivity (Wildman–Crippen MR) is 77.7 cm³/mol. The number of benzene rings is 1. The van der Waals surface area contributed by atoms with Crippen LogP contribution in [0.1, 0.15) is 0 Å². The molecule has 8 heteroatoms. The van der Waals surface area contributed by atoms with Gasteiger partial charge in [-0.2, -0.15) is 4.68 Å². The maximum Gasteiger partial charge on any atom is 0.192 e. The fourth-order valence-electron chi connectivity index (χ4n) is 1.49. The maximum absolute atomic E-state index is 11.4. The lowest BCUT2D eigenvalue weighted by Gasteiger charge is -2.03. The molecular formula is C12H13N5O2S. The minimum Gasteiger partial charge on any atom is -0.404 e. The van der Waals surface area contributed by atoms with Gasteiger partial charge in [0.2, 0.25) is 0 Å². The van der Waals surface area contributed by atoms with Crippen molar-refractivity contribution in [1.29, 1.82) is 0 Å². The van der Waals surface area contributed by atoms with Gasteiger partial charge in [0.1, 0.15) is 10.5 Å². The molecule has 0 amide bonds. The van der Waals surface area contributed by atoms with Gasteiger partial charge >= 0.3 is 0 Å². The average molecular weight is 291 g/mol. The van der Waals surface area contributed by atoms with Crippen LogP contribution < -0.4 is 5.73 Å². The van der Waals surface area contributed by atoms with E-state index in [0.29, 0.717) is 11.0 Å². The van der Waals surface area contributed by atoms with Crippen LogP contribution in [0.4, 0.5) is 0 Å². The van der Waals surface area contributed by atoms with Gasteiger partial charge in [0.25, 0.3) is 0 Å². The fourth-order valence-corrected chi connectivity index (χ4v) is 1.75. The molecule has 1 aromatic heterocycles. The van der Waals surface area contributed by atoms with Crippen molar-refractivity contribution >= 4 is 26.7 Å². The highest BCUT2D eigenvalue weighted by Gasteiger charge is 2.12. The summed E-state index contributed by atoms with van der Waals surface area (Å²) in [5.74, 6) is 0.219. The number of para-hydroxylation sites is 1. The quantitative estimate of drug-likeness (QED) is 0.661. The Hall–Kier alpha value is -2.48. The summed E-state index contributed by atoms with van der Waals surface area (Å²) in [7, 11) is -3.48. The average Bonchev–Trinajstić information content (AvgIpc) is 2.80. The molecule has 20 heavy (non-hydrogen) atoms. The number of nitrogens with two attached hydrogens (primary N) is 1. The highest BCUT2D eigenvalue weighted by Crippen LogP contribution is 2.12. The molecule has 0 aliphatic heterocycles. The molecular weight excluding hydrogens is 278 g/mol. The standard InChI is InChI=1S/C12H13N5O2S/c1-9(20(2,18)19)14-12(7-8-13)17-11-6-4-3-5-10(11)15-16-17/h3-8H,1,13H2,2H3/b8-7-,14-12?. The molecule has 0 atom stereocenters. The Morgan fingerprint density at radius 3 is 2.80 bits per heavy atom. The number of nitrogens with zero attached hydrogens (tertiary/aromatic N) is 4. The van der Waals surface area contributed by atoms with Crippen molar-refractivity contribution in [3.05, 3.63) is 48.1 Å². The normalized spacial score (nSPS) is 13.2. The molecule has 0 fully saturated rings. The van der Waals surface area contributed by atoms with Gasteiger partial charge in [-0.1, -0.05) is 23.9 Å². The van der Waals surface area contributed by atoms with Gasteiger partial charge in [0.05, 0.1) is 5.52 Å². The second kappa shape index (κ2) is 5.25. The Morgan fingerprint density at radius 1 is 1.45 bits per heavy atom. The van der Waals surface area contributed by atoms with Gasteiger partial charge in [0, 0.05) is 6.26 Å². The summed E-state index contributed by atoms with van der Waals surface area (Å²) < 4.78 is 24.2. The number of hydrogen-bond acceptors (Lipinski definition) is 6. The predicted octanol–water partition coefficient (Wildman–Crippen LogP) is 0.666. The van der Waals surface area contributed by atoms with Gasteiger partial charge in [-0.3, -0.25) is 0 Å². The van der Waals surface area contributed by atoms with Crippen LogP contribution in [0.2, 0.25) is 0 Å². The van der Waals surface area contributed by atoms with Gasteiger partial charge in [0.15, 0.2) is 15.7 Å². The lowest BCUT2D eigenvalue weighted by Crippen LogP contribution is -2.13. The van der Waals surface area contributed by atoms with Crippen LogP contribution in [0.15, 0.2) is 53.1 Å². The van der Waals surface area contributed by atoms with Crippen LogP contribution in [0.25, 0.3) is 11.0 Å². The van der Waals surface area contributed by atoms with E-state index in [-0.39, 0.29) is 10.9 Å². The minimum absolute atomic E-state index is 0.219. The van der Waals surface area contributed by atoms with E-state index in [4.69, 9.17) is 5.73 Å². The lowest BCUT2D eigenvalue weighted by atomic mass is 10.3. The van der Waals surface area contributed by atoms with Crippen LogP contribution >= 0.6 is 0 Å². The van der Waals surface area contributed by atoms with Crippen molar-refractivity contribution in [3.63, 3.8) is 0 Å². The topological polar surface area (TPSA) is 103 Å². The second-order valence-electron chi connectivity index (χ2n) is 3.98. The first kappa shape index (κ1) is 13.9. The first-order valence-corrected chi connectivity index (χ1v) is 7.49. The molecule has 0 saturated heterocycles. The van der Waals surface area contributed by atoms with E-state index in [1.807, 2.05) is 12.1 Å². The summed E-state index contributed by atoms with van der Waals surface area (Å²) in [6.07, 6.45) is 3.70. The molecule has 104 valence electrons. The van der Waals surface area contributed by atoms with Crippen LogP contribution in [0.3, 0.4) is 0 Å². The zero-order chi connectivity index (χ0) is 14.8. The highest BCUT2D eigenvalue weighted by atomic mass is 32.2. The van der Waals surface area contributed by atoms with Crippen LogP contribution in [-0.4, -0.2) is 35.5 Å². The van der Waals surface area contributed by atoms with Crippen molar-refractivity contribution in [1.82, 2.24) is 15.0 Å². The molecule has 1 heterocycles. The summed E-state index contributed by atoms with van der Waals surface area (Å²) in [5, 5.41) is 7.64. The van der Waals surface area contributed by atoms with Gasteiger partial charge in [-0.25, -0.2) is 13.4 Å². The second-order valence-corrected chi connectivity index (χ2v) is 6.00. The monoisotopic (exact) mass is 291 g/mol. The van der Waals surface area contributed by atoms with Crippen LogP contribution in [0.5, 0.6) is 0 Å². The van der Waals surface area contributed by atoms with E-state index in [1.54, 1.807) is 12.1 Å². The molecule has 2 aromatic rings. The Kier molecular flexibility index (Phi) is 3.66. The molecule has 2 N–H and O–H groups in total. The molecule has 0 unspecified atom stereocenters. The van der Waals surface area contributed by atoms with Crippen molar-refractivity contribution in [2.45, 2.75) is 0 Å². The molecule has 0 saturated carbocycles. The molecule has 0 aliphatic carbocycles. The first-order valence-electron chi connectivity index (χ1n) is 5.60. The third-order valence-corrected chi connectivity index (χ3v) is 3.43. The Bertz CT molecular complexity index is 817. The third-order valence-electron chi connectivity index (χ3n) is 2.48. The summed E-state index contributed by atoms with van der Waals surface area (Å²) >= 11 is 0. The summed E-state index contributed by atoms with van der Waals surface area (Å²) in [6, 6.07) is 7.22. The van der Waals surface area contributed by atoms with E-state index < -0.39 is 9.84 Å². The maximum atomic E-state index is 11.4. The summed E-state index contributed by atoms with van der Waals surface area (Å²) in [4.78, 5) is 3.96. The lowest BCUT2D eigenvalue weighted by molar-refractivity contribution is 0.607. The van der Waals surface area contributed by atoms with Crippen molar-refractivity contribution in [3.8, 4) is 0 Å². The van der Waals surface area contributed by atoms with E-state index in [1.165, 1.54) is 17.0 Å². The Balaban J connectivity index is 2.60. The number of sulfone groups is 1. The third kappa shape index (κ3) is 2.75. The van der Waals surface area contributed by atoms with Gasteiger partial charge in [-0.15, -0.1) is 5.10 Å². The minimum atomic E-state index is -3.48. The van der Waals surface area contributed by atoms with E-state index in [0.717, 1.165) is 6.26 Å². The number of rotatable bonds is 3. The largest absolute Gasteiger partial charge is 0.404 e. The highest BCUT2D eigenvalue weighted by molar-refractivity contribution is 7.94. The number of allylic oxidation sites excluding steroid dienone is 1. The van der Waals surface area contributed by atoms with E-state index in [9.17, 15) is 8.42 Å². The molecule has 0 radical (unpaired) electrons. The molecule has 0 spiro atoms. The van der Waals surface area contributed by atoms with Gasteiger partial charge < -0.3 is 5.73 Å². The van der Waals surface area contributed by atoms with Crippen molar-refractivity contribution < 1.29 is 8.42 Å². The number of hydrogen-bond donors (Lipinski definition) is 1. The SMILES string of the molecule is C=C(N=C(/C=C\N)n1nnc2ccccc21)S(C)(=O)=O. The van der Waals surface area contributed by atoms with Crippen LogP contribution in [0, 0.1) is 0 Å². The zero-order valence-electron chi connectivity index (χ0n) is 10.8. The Morgan fingerprint density at radius 2 is 2.15 bits per heavy atom. The van der Waals surface area contributed by atoms with Crippen molar-refractivity contribution in [2.24, 2.45) is 10.7 Å². The zero-order valence-corrected chi connectivity index (χ0v) is 11.6. The Labute approximate surface area is 116 Å². The number of aromatic nitrogens is 3.